The maximum Gasteiger partial charge on any atom is 0.168 e. The monoisotopic (exact) mass is 957 g/mol. The van der Waals surface area contributed by atoms with Gasteiger partial charge in [0.15, 0.2) is 11.6 Å². The summed E-state index contributed by atoms with van der Waals surface area (Å²) in [6.45, 7) is 0. The zero-order chi connectivity index (χ0) is 50.2. The molecule has 12 aromatic rings. The lowest BCUT2D eigenvalue weighted by Gasteiger charge is -2.18. The quantitative estimate of drug-likeness (QED) is 0.108. The second kappa shape index (κ2) is 21.4. The Kier molecular flexibility index (Phi) is 13.2. The Balaban J connectivity index is 0.850. The molecular formula is C72H51N3. The highest BCUT2D eigenvalue weighted by Crippen LogP contribution is 2.40. The predicted octanol–water partition coefficient (Wildman–Crippen LogP) is 18.0. The van der Waals surface area contributed by atoms with Crippen molar-refractivity contribution in [3.63, 3.8) is 0 Å². The van der Waals surface area contributed by atoms with E-state index in [-0.39, 0.29) is 0 Å². The second-order valence-corrected chi connectivity index (χ2v) is 18.5. The van der Waals surface area contributed by atoms with Gasteiger partial charge in [0.2, 0.25) is 0 Å². The fourth-order valence-electron chi connectivity index (χ4n) is 10.2. The molecule has 0 aliphatic rings. The number of hydrogen-bond acceptors (Lipinski definition) is 2. The van der Waals surface area contributed by atoms with Gasteiger partial charge in [0.25, 0.3) is 0 Å². The van der Waals surface area contributed by atoms with Crippen molar-refractivity contribution in [2.24, 2.45) is 0 Å². The molecule has 12 rings (SSSR count). The Morgan fingerprint density at radius 1 is 0.187 bits per heavy atom. The van der Waals surface area contributed by atoms with Crippen LogP contribution in [-0.4, -0.2) is 14.8 Å². The predicted molar refractivity (Wildman–Crippen MR) is 312 cm³/mol. The summed E-state index contributed by atoms with van der Waals surface area (Å²) >= 11 is 0. The Bertz CT molecular complexity index is 3550. The molecule has 0 radical (unpaired) electrons. The molecule has 0 aliphatic carbocycles. The number of rotatable bonds is 13. The van der Waals surface area contributed by atoms with Gasteiger partial charge in [-0.1, -0.05) is 297 Å². The van der Waals surface area contributed by atoms with Crippen LogP contribution in [0.5, 0.6) is 0 Å². The summed E-state index contributed by atoms with van der Waals surface area (Å²) in [6.07, 6.45) is 0. The molecule has 1 heterocycles. The van der Waals surface area contributed by atoms with Crippen LogP contribution in [-0.2, 0) is 0 Å². The Labute approximate surface area is 439 Å². The Morgan fingerprint density at radius 2 is 0.373 bits per heavy atom. The van der Waals surface area contributed by atoms with Crippen molar-refractivity contribution in [2.45, 2.75) is 0 Å². The zero-order valence-corrected chi connectivity index (χ0v) is 41.3. The average Bonchev–Trinajstić information content (AvgIpc) is 3.95. The molecule has 0 N–H and O–H groups in total. The van der Waals surface area contributed by atoms with Crippen molar-refractivity contribution in [1.82, 2.24) is 14.8 Å². The number of nitrogens with zero attached hydrogens (tertiary/aromatic N) is 3. The normalized spacial score (nSPS) is 10.9. The second-order valence-electron chi connectivity index (χ2n) is 18.5. The molecule has 3 heteroatoms. The summed E-state index contributed by atoms with van der Waals surface area (Å²) in [4.78, 5) is 0. The first-order chi connectivity index (χ1) is 37.2. The minimum absolute atomic E-state index is 0.775. The molecule has 0 saturated carbocycles. The Hall–Kier alpha value is -9.96. The summed E-state index contributed by atoms with van der Waals surface area (Å²) in [5.74, 6) is 1.55. The zero-order valence-electron chi connectivity index (χ0n) is 41.3. The van der Waals surface area contributed by atoms with Crippen molar-refractivity contribution in [1.29, 1.82) is 0 Å². The molecule has 354 valence electrons. The van der Waals surface area contributed by atoms with Crippen molar-refractivity contribution < 1.29 is 0 Å². The Morgan fingerprint density at radius 3 is 0.613 bits per heavy atom. The van der Waals surface area contributed by atoms with E-state index in [0.717, 1.165) is 61.8 Å². The van der Waals surface area contributed by atoms with Crippen LogP contribution in [0.4, 0.5) is 0 Å². The van der Waals surface area contributed by atoms with Gasteiger partial charge in [0.05, 0.1) is 0 Å². The van der Waals surface area contributed by atoms with E-state index in [4.69, 9.17) is 10.2 Å². The van der Waals surface area contributed by atoms with Crippen molar-refractivity contribution in [3.8, 4) is 50.7 Å². The molecule has 1 aromatic heterocycles. The number of hydrogen-bond donors (Lipinski definition) is 0. The lowest BCUT2D eigenvalue weighted by molar-refractivity contribution is 1.07. The highest BCUT2D eigenvalue weighted by Gasteiger charge is 2.20. The third kappa shape index (κ3) is 9.75. The third-order valence-electron chi connectivity index (χ3n) is 13.9. The van der Waals surface area contributed by atoms with Gasteiger partial charge in [0.1, 0.15) is 0 Å². The van der Waals surface area contributed by atoms with Gasteiger partial charge in [0, 0.05) is 16.8 Å². The SMILES string of the molecule is c1ccc(C(=C(c2ccccc2)c2ccc(-c3ccc(-c4nnc(-c5ccc(-c6ccc(C(=C(c7ccccc7)c7ccccc7)c7ccccc7)cc6)cc5)n4-c4ccccc4)cc3)cc2)c2ccccc2)cc1. The van der Waals surface area contributed by atoms with Crippen molar-refractivity contribution in [2.75, 3.05) is 0 Å². The van der Waals surface area contributed by atoms with Crippen molar-refractivity contribution >= 4 is 22.3 Å². The number of aromatic nitrogens is 3. The van der Waals surface area contributed by atoms with E-state index in [9.17, 15) is 0 Å². The molecule has 11 aromatic carbocycles. The molecular weight excluding hydrogens is 907 g/mol. The van der Waals surface area contributed by atoms with Gasteiger partial charge in [-0.15, -0.1) is 10.2 Å². The molecule has 0 amide bonds. The summed E-state index contributed by atoms with van der Waals surface area (Å²) in [5, 5.41) is 9.72. The largest absolute Gasteiger partial charge is 0.275 e. The third-order valence-corrected chi connectivity index (χ3v) is 13.9. The van der Waals surface area contributed by atoms with E-state index in [1.54, 1.807) is 0 Å². The molecule has 0 atom stereocenters. The van der Waals surface area contributed by atoms with Crippen LogP contribution in [0, 0.1) is 0 Å². The number of para-hydroxylation sites is 1. The van der Waals surface area contributed by atoms with Gasteiger partial charge < -0.3 is 0 Å². The van der Waals surface area contributed by atoms with Gasteiger partial charge in [-0.3, -0.25) is 4.57 Å². The molecule has 0 aliphatic heterocycles. The molecule has 75 heavy (non-hydrogen) atoms. The van der Waals surface area contributed by atoms with Crippen LogP contribution in [0.25, 0.3) is 73.0 Å². The van der Waals surface area contributed by atoms with E-state index in [1.165, 1.54) is 55.7 Å². The minimum Gasteiger partial charge on any atom is -0.275 e. The van der Waals surface area contributed by atoms with E-state index in [0.29, 0.717) is 0 Å². The maximum absolute atomic E-state index is 4.86. The molecule has 0 fully saturated rings. The van der Waals surface area contributed by atoms with Gasteiger partial charge in [-0.25, -0.2) is 0 Å². The van der Waals surface area contributed by atoms with Crippen LogP contribution in [0.15, 0.2) is 309 Å². The van der Waals surface area contributed by atoms with E-state index in [1.807, 2.05) is 6.07 Å². The van der Waals surface area contributed by atoms with Crippen LogP contribution < -0.4 is 0 Å². The van der Waals surface area contributed by atoms with Crippen molar-refractivity contribution in [3.05, 3.63) is 354 Å². The lowest BCUT2D eigenvalue weighted by Crippen LogP contribution is -2.00. The summed E-state index contributed by atoms with van der Waals surface area (Å²) in [5.41, 5.74) is 21.6. The smallest absolute Gasteiger partial charge is 0.168 e. The molecule has 0 spiro atoms. The summed E-state index contributed by atoms with van der Waals surface area (Å²) in [7, 11) is 0. The maximum atomic E-state index is 4.86. The first kappa shape index (κ1) is 46.1. The van der Waals surface area contributed by atoms with Crippen LogP contribution in [0.2, 0.25) is 0 Å². The molecule has 0 unspecified atom stereocenters. The average molecular weight is 958 g/mol. The van der Waals surface area contributed by atoms with Crippen LogP contribution in [0.1, 0.15) is 44.5 Å². The molecule has 3 nitrogen and oxygen atoms in total. The standard InChI is InChI=1S/C72H51N3/c1-8-22-56(23-9-1)67(57-24-10-2-11-25-57)69(60-30-16-5-17-31-60)62-44-36-52(37-45-62)54-40-48-64(49-41-54)71-73-74-72(75(71)66-34-20-7-21-35-66)65-50-42-55(43-51-65)53-38-46-63(47-39-53)70(61-32-18-6-19-33-61)68(58-26-12-3-13-27-58)59-28-14-4-15-29-59/h1-51H. The first-order valence-corrected chi connectivity index (χ1v) is 25.5. The summed E-state index contributed by atoms with van der Waals surface area (Å²) < 4.78 is 2.16. The fraction of sp³-hybridized carbons (Fsp3) is 0. The molecule has 0 saturated heterocycles. The van der Waals surface area contributed by atoms with Gasteiger partial charge >= 0.3 is 0 Å². The van der Waals surface area contributed by atoms with Gasteiger partial charge in [-0.05, 0) is 101 Å². The van der Waals surface area contributed by atoms with Gasteiger partial charge in [-0.2, -0.15) is 0 Å². The van der Waals surface area contributed by atoms with E-state index >= 15 is 0 Å². The minimum atomic E-state index is 0.775. The first-order valence-electron chi connectivity index (χ1n) is 25.5. The summed E-state index contributed by atoms with van der Waals surface area (Å²) in [6, 6.07) is 110. The highest BCUT2D eigenvalue weighted by atomic mass is 15.3. The van der Waals surface area contributed by atoms with Crippen LogP contribution >= 0.6 is 0 Å². The van der Waals surface area contributed by atoms with E-state index in [2.05, 4.69) is 308 Å². The van der Waals surface area contributed by atoms with E-state index < -0.39 is 0 Å². The molecule has 0 bridgehead atoms. The number of benzene rings is 11. The fourth-order valence-corrected chi connectivity index (χ4v) is 10.2. The topological polar surface area (TPSA) is 30.7 Å². The van der Waals surface area contributed by atoms with Crippen LogP contribution in [0.3, 0.4) is 0 Å². The lowest BCUT2D eigenvalue weighted by atomic mass is 9.85. The highest BCUT2D eigenvalue weighted by molar-refractivity contribution is 6.06.